The molecule has 0 saturated carbocycles. The predicted octanol–water partition coefficient (Wildman–Crippen LogP) is 4.48. The van der Waals surface area contributed by atoms with Gasteiger partial charge >= 0.3 is 0 Å². The van der Waals surface area contributed by atoms with Crippen molar-refractivity contribution in [3.63, 3.8) is 0 Å². The van der Waals surface area contributed by atoms with Crippen molar-refractivity contribution in [3.8, 4) is 0 Å². The van der Waals surface area contributed by atoms with Gasteiger partial charge in [0, 0.05) is 26.4 Å². The van der Waals surface area contributed by atoms with Crippen LogP contribution in [0.2, 0.25) is 0 Å². The molecule has 0 radical (unpaired) electrons. The van der Waals surface area contributed by atoms with Crippen LogP contribution in [0.4, 0.5) is 0 Å². The second kappa shape index (κ2) is 12.8. The Morgan fingerprint density at radius 1 is 1.27 bits per heavy atom. The maximum Gasteiger partial charge on any atom is 0.224 e. The number of aliphatic hydroxyl groups is 1. The van der Waals surface area contributed by atoms with E-state index < -0.39 is 5.60 Å². The molecule has 7 unspecified atom stereocenters. The summed E-state index contributed by atoms with van der Waals surface area (Å²) in [5.41, 5.74) is 0.489. The molecular formula is C27H45NO5. The second-order valence-corrected chi connectivity index (χ2v) is 10.3. The first-order valence-corrected chi connectivity index (χ1v) is 12.4. The third-order valence-corrected chi connectivity index (χ3v) is 6.67. The highest BCUT2D eigenvalue weighted by Gasteiger charge is 2.34. The molecule has 2 heterocycles. The lowest BCUT2D eigenvalue weighted by molar-refractivity contribution is -0.127. The fourth-order valence-corrected chi connectivity index (χ4v) is 4.70. The summed E-state index contributed by atoms with van der Waals surface area (Å²) in [5, 5.41) is 13.5. The van der Waals surface area contributed by atoms with Gasteiger partial charge in [-0.1, -0.05) is 42.9 Å². The first-order valence-electron chi connectivity index (χ1n) is 12.4. The minimum Gasteiger partial charge on any atom is -0.390 e. The summed E-state index contributed by atoms with van der Waals surface area (Å²) in [7, 11) is 1.65. The summed E-state index contributed by atoms with van der Waals surface area (Å²) in [6, 6.07) is 0.0280. The second-order valence-electron chi connectivity index (χ2n) is 10.3. The molecule has 0 bridgehead atoms. The number of hydrogen-bond donors (Lipinski definition) is 2. The maximum atomic E-state index is 12.3. The van der Waals surface area contributed by atoms with E-state index in [-0.39, 0.29) is 42.5 Å². The zero-order valence-corrected chi connectivity index (χ0v) is 21.5. The molecule has 2 rings (SSSR count). The van der Waals surface area contributed by atoms with Gasteiger partial charge in [-0.2, -0.15) is 0 Å². The number of amides is 1. The number of carbonyl (C=O) groups excluding carboxylic acids is 1. The van der Waals surface area contributed by atoms with E-state index in [1.807, 2.05) is 39.8 Å². The summed E-state index contributed by atoms with van der Waals surface area (Å²) in [6.07, 6.45) is 13.6. The number of rotatable bonds is 9. The van der Waals surface area contributed by atoms with E-state index in [4.69, 9.17) is 14.2 Å². The van der Waals surface area contributed by atoms with E-state index in [0.29, 0.717) is 25.2 Å². The molecule has 33 heavy (non-hydrogen) atoms. The van der Waals surface area contributed by atoms with Crippen molar-refractivity contribution in [2.45, 2.75) is 116 Å². The van der Waals surface area contributed by atoms with Crippen LogP contribution in [-0.4, -0.2) is 60.3 Å². The molecule has 2 fully saturated rings. The molecule has 0 spiro atoms. The minimum absolute atomic E-state index is 0.00973. The van der Waals surface area contributed by atoms with Gasteiger partial charge in [-0.3, -0.25) is 4.79 Å². The molecule has 2 aliphatic rings. The van der Waals surface area contributed by atoms with E-state index in [1.165, 1.54) is 0 Å². The molecule has 0 aliphatic carbocycles. The van der Waals surface area contributed by atoms with Gasteiger partial charge in [0.15, 0.2) is 0 Å². The molecular weight excluding hydrogens is 418 g/mol. The third kappa shape index (κ3) is 9.73. The Hall–Kier alpha value is -1.47. The zero-order chi connectivity index (χ0) is 24.6. The summed E-state index contributed by atoms with van der Waals surface area (Å²) >= 11 is 0. The van der Waals surface area contributed by atoms with Crippen LogP contribution in [0, 0.1) is 5.92 Å². The molecule has 2 saturated heterocycles. The van der Waals surface area contributed by atoms with Gasteiger partial charge in [-0.15, -0.1) is 0 Å². The van der Waals surface area contributed by atoms with Crippen molar-refractivity contribution in [2.24, 2.45) is 5.92 Å². The average Bonchev–Trinajstić information content (AvgIpc) is 2.72. The van der Waals surface area contributed by atoms with E-state index >= 15 is 0 Å². The molecule has 6 heteroatoms. The van der Waals surface area contributed by atoms with Gasteiger partial charge in [0.05, 0.1) is 42.2 Å². The van der Waals surface area contributed by atoms with E-state index in [2.05, 4.69) is 37.4 Å². The Morgan fingerprint density at radius 2 is 2.00 bits per heavy atom. The smallest absolute Gasteiger partial charge is 0.224 e. The zero-order valence-electron chi connectivity index (χ0n) is 21.5. The summed E-state index contributed by atoms with van der Waals surface area (Å²) in [6.45, 7) is 12.1. The molecule has 0 aromatic heterocycles. The lowest BCUT2D eigenvalue weighted by Gasteiger charge is -2.39. The number of hydrogen-bond acceptors (Lipinski definition) is 5. The predicted molar refractivity (Wildman–Crippen MR) is 132 cm³/mol. The largest absolute Gasteiger partial charge is 0.390 e. The van der Waals surface area contributed by atoms with Gasteiger partial charge in [0.25, 0.3) is 0 Å². The van der Waals surface area contributed by atoms with Gasteiger partial charge in [0.1, 0.15) is 0 Å². The Kier molecular flexibility index (Phi) is 10.8. The molecule has 0 aromatic carbocycles. The van der Waals surface area contributed by atoms with Crippen LogP contribution < -0.4 is 5.32 Å². The Labute approximate surface area is 200 Å². The Bertz CT molecular complexity index is 713. The van der Waals surface area contributed by atoms with Gasteiger partial charge < -0.3 is 24.6 Å². The lowest BCUT2D eigenvalue weighted by atomic mass is 9.87. The number of carbonyl (C=O) groups is 1. The van der Waals surface area contributed by atoms with Crippen molar-refractivity contribution >= 4 is 5.91 Å². The number of ether oxygens (including phenoxy) is 3. The van der Waals surface area contributed by atoms with Crippen molar-refractivity contribution in [2.75, 3.05) is 7.11 Å². The molecule has 188 valence electrons. The highest BCUT2D eigenvalue weighted by molar-refractivity contribution is 5.77. The summed E-state index contributed by atoms with van der Waals surface area (Å²) in [5.74, 6) is 0.362. The first kappa shape index (κ1) is 27.8. The quantitative estimate of drug-likeness (QED) is 0.390. The van der Waals surface area contributed by atoms with Crippen molar-refractivity contribution in [1.29, 1.82) is 0 Å². The molecule has 1 amide bonds. The van der Waals surface area contributed by atoms with Crippen molar-refractivity contribution < 1.29 is 24.1 Å². The average molecular weight is 464 g/mol. The number of allylic oxidation sites excluding steroid dienone is 2. The molecule has 8 atom stereocenters. The van der Waals surface area contributed by atoms with Gasteiger partial charge in [-0.05, 0) is 53.4 Å². The Morgan fingerprint density at radius 3 is 2.67 bits per heavy atom. The summed E-state index contributed by atoms with van der Waals surface area (Å²) < 4.78 is 17.4. The number of nitrogens with one attached hydrogen (secondary N) is 1. The van der Waals surface area contributed by atoms with Crippen molar-refractivity contribution in [1.82, 2.24) is 5.32 Å². The summed E-state index contributed by atoms with van der Waals surface area (Å²) in [4.78, 5) is 12.3. The van der Waals surface area contributed by atoms with Crippen LogP contribution >= 0.6 is 0 Å². The fourth-order valence-electron chi connectivity index (χ4n) is 4.70. The van der Waals surface area contributed by atoms with E-state index in [1.54, 1.807) is 7.11 Å². The Balaban J connectivity index is 1.81. The van der Waals surface area contributed by atoms with Crippen LogP contribution in [0.1, 0.15) is 73.6 Å². The third-order valence-electron chi connectivity index (χ3n) is 6.67. The topological polar surface area (TPSA) is 77.0 Å². The van der Waals surface area contributed by atoms with E-state index in [0.717, 1.165) is 18.4 Å². The van der Waals surface area contributed by atoms with Crippen LogP contribution in [0.25, 0.3) is 0 Å². The standard InChI is InChI=1S/C27H45NO5/c1-18(11-13-23-17-27(6,30)16-21(4)32-23)12-14-25-19(2)15-24(22(5)33-25)28-26(29)10-8-9-20(3)31-7/h8-9,11-13,19-25,30H,10,14-17H2,1-7H3,(H,28,29)/b9-8-,13-11+,18-12+/t19?,20?,21-,22?,23?,24?,25?,27?/m1/s1. The monoisotopic (exact) mass is 463 g/mol. The SMILES string of the molecule is COC(C)/C=C\CC(=O)NC1CC(C)C(C/C=C(C)/C=C/C2CC(C)(O)C[C@@H](C)O2)OC1C. The lowest BCUT2D eigenvalue weighted by Crippen LogP contribution is -2.50. The van der Waals surface area contributed by atoms with Gasteiger partial charge in [-0.25, -0.2) is 0 Å². The van der Waals surface area contributed by atoms with Gasteiger partial charge in [0.2, 0.25) is 5.91 Å². The highest BCUT2D eigenvalue weighted by atomic mass is 16.5. The maximum absolute atomic E-state index is 12.3. The molecule has 6 nitrogen and oxygen atoms in total. The number of methoxy groups -OCH3 is 1. The molecule has 2 aliphatic heterocycles. The van der Waals surface area contributed by atoms with Crippen LogP contribution in [0.3, 0.4) is 0 Å². The molecule has 0 aromatic rings. The van der Waals surface area contributed by atoms with E-state index in [9.17, 15) is 9.90 Å². The van der Waals surface area contributed by atoms with Crippen LogP contribution in [0.15, 0.2) is 36.0 Å². The first-order chi connectivity index (χ1) is 15.5. The van der Waals surface area contributed by atoms with Crippen LogP contribution in [-0.2, 0) is 19.0 Å². The van der Waals surface area contributed by atoms with Crippen molar-refractivity contribution in [3.05, 3.63) is 36.0 Å². The van der Waals surface area contributed by atoms with Crippen LogP contribution in [0.5, 0.6) is 0 Å². The fraction of sp³-hybridized carbons (Fsp3) is 0.741. The minimum atomic E-state index is -0.670. The normalized spacial score (nSPS) is 36.9. The highest BCUT2D eigenvalue weighted by Crippen LogP contribution is 2.30. The molecule has 2 N–H and O–H groups in total.